The summed E-state index contributed by atoms with van der Waals surface area (Å²) in [6.07, 6.45) is 2.79. The Hall–Kier alpha value is -1.23. The number of nitrogens with zero attached hydrogens (tertiary/aromatic N) is 1. The summed E-state index contributed by atoms with van der Waals surface area (Å²) >= 11 is 1.64. The predicted molar refractivity (Wildman–Crippen MR) is 82.0 cm³/mol. The zero-order valence-electron chi connectivity index (χ0n) is 11.8. The highest BCUT2D eigenvalue weighted by atomic mass is 32.1. The zero-order valence-corrected chi connectivity index (χ0v) is 12.6. The molecule has 0 saturated carbocycles. The summed E-state index contributed by atoms with van der Waals surface area (Å²) in [5, 5.41) is 8.79. The first-order valence-corrected chi connectivity index (χ1v) is 7.88. The third kappa shape index (κ3) is 4.13. The SMILES string of the molecule is Cc1ncsc1C(OCCCCCO)c1ccccc1. The minimum Gasteiger partial charge on any atom is -0.396 e. The molecule has 0 aliphatic rings. The summed E-state index contributed by atoms with van der Waals surface area (Å²) < 4.78 is 6.09. The standard InChI is InChI=1S/C16H21NO2S/c1-13-16(20-12-17-13)15(14-8-4-2-5-9-14)19-11-7-3-6-10-18/h2,4-5,8-9,12,15,18H,3,6-7,10-11H2,1H3. The minimum atomic E-state index is -0.0298. The third-order valence-corrected chi connectivity index (χ3v) is 4.18. The molecule has 0 radical (unpaired) electrons. The molecule has 0 amide bonds. The van der Waals surface area contributed by atoms with E-state index < -0.39 is 0 Å². The number of ether oxygens (including phenoxy) is 1. The van der Waals surface area contributed by atoms with E-state index in [0.717, 1.165) is 25.0 Å². The summed E-state index contributed by atoms with van der Waals surface area (Å²) in [6.45, 7) is 2.99. The van der Waals surface area contributed by atoms with Crippen LogP contribution in [0.4, 0.5) is 0 Å². The molecule has 1 aromatic carbocycles. The van der Waals surface area contributed by atoms with Gasteiger partial charge >= 0.3 is 0 Å². The van der Waals surface area contributed by atoms with Crippen molar-refractivity contribution in [2.45, 2.75) is 32.3 Å². The van der Waals surface area contributed by atoms with Gasteiger partial charge in [0.1, 0.15) is 6.10 Å². The van der Waals surface area contributed by atoms with Crippen LogP contribution in [-0.2, 0) is 4.74 Å². The van der Waals surface area contributed by atoms with Crippen molar-refractivity contribution >= 4 is 11.3 Å². The Bertz CT molecular complexity index is 498. The van der Waals surface area contributed by atoms with E-state index >= 15 is 0 Å². The van der Waals surface area contributed by atoms with Gasteiger partial charge in [0, 0.05) is 13.2 Å². The molecule has 0 bridgehead atoms. The molecule has 1 heterocycles. The van der Waals surface area contributed by atoms with Gasteiger partial charge in [-0.15, -0.1) is 11.3 Å². The molecule has 0 spiro atoms. The Labute approximate surface area is 124 Å². The van der Waals surface area contributed by atoms with Crippen LogP contribution in [0.3, 0.4) is 0 Å². The lowest BCUT2D eigenvalue weighted by Crippen LogP contribution is -2.07. The van der Waals surface area contributed by atoms with Gasteiger partial charge in [-0.1, -0.05) is 30.3 Å². The fraction of sp³-hybridized carbons (Fsp3) is 0.438. The maximum absolute atomic E-state index is 8.79. The van der Waals surface area contributed by atoms with E-state index in [-0.39, 0.29) is 12.7 Å². The van der Waals surface area contributed by atoms with Gasteiger partial charge in [0.2, 0.25) is 0 Å². The van der Waals surface area contributed by atoms with Crippen molar-refractivity contribution in [2.75, 3.05) is 13.2 Å². The van der Waals surface area contributed by atoms with Crippen LogP contribution in [-0.4, -0.2) is 23.3 Å². The monoisotopic (exact) mass is 291 g/mol. The molecule has 1 atom stereocenters. The van der Waals surface area contributed by atoms with Crippen LogP contribution in [0.5, 0.6) is 0 Å². The van der Waals surface area contributed by atoms with Crippen LogP contribution in [0.1, 0.15) is 41.5 Å². The van der Waals surface area contributed by atoms with Gasteiger partial charge in [-0.3, -0.25) is 0 Å². The first-order chi connectivity index (χ1) is 9.83. The molecule has 1 N–H and O–H groups in total. The Balaban J connectivity index is 2.04. The molecule has 108 valence electrons. The van der Waals surface area contributed by atoms with E-state index in [9.17, 15) is 0 Å². The van der Waals surface area contributed by atoms with Crippen LogP contribution < -0.4 is 0 Å². The second-order valence-electron chi connectivity index (χ2n) is 4.75. The number of aliphatic hydroxyl groups excluding tert-OH is 1. The lowest BCUT2D eigenvalue weighted by Gasteiger charge is -2.17. The van der Waals surface area contributed by atoms with Gasteiger partial charge in [0.05, 0.1) is 16.1 Å². The van der Waals surface area contributed by atoms with E-state index in [4.69, 9.17) is 9.84 Å². The van der Waals surface area contributed by atoms with Crippen molar-refractivity contribution in [3.63, 3.8) is 0 Å². The molecule has 3 nitrogen and oxygen atoms in total. The smallest absolute Gasteiger partial charge is 0.119 e. The first kappa shape index (κ1) is 15.2. The molecule has 20 heavy (non-hydrogen) atoms. The highest BCUT2D eigenvalue weighted by Crippen LogP contribution is 2.31. The van der Waals surface area contributed by atoms with Crippen molar-refractivity contribution in [1.29, 1.82) is 0 Å². The minimum absolute atomic E-state index is 0.0298. The van der Waals surface area contributed by atoms with E-state index in [0.29, 0.717) is 6.61 Å². The number of aromatic nitrogens is 1. The quantitative estimate of drug-likeness (QED) is 0.754. The van der Waals surface area contributed by atoms with Crippen molar-refractivity contribution in [3.8, 4) is 0 Å². The summed E-state index contributed by atoms with van der Waals surface area (Å²) in [5.74, 6) is 0. The summed E-state index contributed by atoms with van der Waals surface area (Å²) in [5.41, 5.74) is 4.08. The number of aryl methyl sites for hydroxylation is 1. The molecule has 0 fully saturated rings. The van der Waals surface area contributed by atoms with Crippen LogP contribution in [0.2, 0.25) is 0 Å². The van der Waals surface area contributed by atoms with Crippen LogP contribution in [0.15, 0.2) is 35.8 Å². The molecular formula is C16H21NO2S. The normalized spacial score (nSPS) is 12.5. The van der Waals surface area contributed by atoms with Gasteiger partial charge < -0.3 is 9.84 Å². The number of benzene rings is 1. The number of thiazole rings is 1. The summed E-state index contributed by atoms with van der Waals surface area (Å²) in [4.78, 5) is 5.51. The Morgan fingerprint density at radius 3 is 2.65 bits per heavy atom. The zero-order chi connectivity index (χ0) is 14.2. The number of unbranched alkanes of at least 4 members (excludes halogenated alkanes) is 2. The van der Waals surface area contributed by atoms with E-state index in [1.165, 1.54) is 10.4 Å². The molecule has 0 aliphatic carbocycles. The van der Waals surface area contributed by atoms with Crippen LogP contribution in [0.25, 0.3) is 0 Å². The highest BCUT2D eigenvalue weighted by Gasteiger charge is 2.18. The highest BCUT2D eigenvalue weighted by molar-refractivity contribution is 7.09. The second kappa shape index (κ2) is 8.15. The molecule has 2 rings (SSSR count). The average Bonchev–Trinajstić information content (AvgIpc) is 2.90. The maximum atomic E-state index is 8.79. The number of hydrogen-bond donors (Lipinski definition) is 1. The molecule has 1 aromatic heterocycles. The van der Waals surface area contributed by atoms with Gasteiger partial charge in [-0.25, -0.2) is 4.98 Å². The average molecular weight is 291 g/mol. The van der Waals surface area contributed by atoms with Crippen molar-refractivity contribution in [2.24, 2.45) is 0 Å². The lowest BCUT2D eigenvalue weighted by molar-refractivity contribution is 0.0778. The number of rotatable bonds is 8. The van der Waals surface area contributed by atoms with E-state index in [1.807, 2.05) is 30.6 Å². The van der Waals surface area contributed by atoms with Crippen molar-refractivity contribution in [3.05, 3.63) is 52.0 Å². The first-order valence-electron chi connectivity index (χ1n) is 7.00. The molecular weight excluding hydrogens is 270 g/mol. The predicted octanol–water partition coefficient (Wildman–Crippen LogP) is 3.72. The van der Waals surface area contributed by atoms with Gasteiger partial charge in [-0.05, 0) is 31.7 Å². The topological polar surface area (TPSA) is 42.4 Å². The molecule has 4 heteroatoms. The maximum Gasteiger partial charge on any atom is 0.119 e. The summed E-state index contributed by atoms with van der Waals surface area (Å²) in [6, 6.07) is 10.3. The van der Waals surface area contributed by atoms with Crippen molar-refractivity contribution < 1.29 is 9.84 Å². The molecule has 0 saturated heterocycles. The fourth-order valence-electron chi connectivity index (χ4n) is 2.11. The Morgan fingerprint density at radius 1 is 1.20 bits per heavy atom. The number of hydrogen-bond acceptors (Lipinski definition) is 4. The van der Waals surface area contributed by atoms with E-state index in [1.54, 1.807) is 11.3 Å². The molecule has 1 unspecified atom stereocenters. The van der Waals surface area contributed by atoms with Gasteiger partial charge in [0.25, 0.3) is 0 Å². The molecule has 0 aliphatic heterocycles. The Kier molecular flexibility index (Phi) is 6.18. The van der Waals surface area contributed by atoms with Gasteiger partial charge in [0.15, 0.2) is 0 Å². The summed E-state index contributed by atoms with van der Waals surface area (Å²) in [7, 11) is 0. The Morgan fingerprint density at radius 2 is 2.00 bits per heavy atom. The van der Waals surface area contributed by atoms with Crippen molar-refractivity contribution in [1.82, 2.24) is 4.98 Å². The lowest BCUT2D eigenvalue weighted by atomic mass is 10.1. The van der Waals surface area contributed by atoms with Crippen LogP contribution >= 0.6 is 11.3 Å². The van der Waals surface area contributed by atoms with E-state index in [2.05, 4.69) is 17.1 Å². The molecule has 2 aromatic rings. The second-order valence-corrected chi connectivity index (χ2v) is 5.63. The van der Waals surface area contributed by atoms with Gasteiger partial charge in [-0.2, -0.15) is 0 Å². The van der Waals surface area contributed by atoms with Crippen LogP contribution in [0, 0.1) is 6.92 Å². The number of aliphatic hydroxyl groups is 1. The fourth-order valence-corrected chi connectivity index (χ4v) is 2.98. The third-order valence-electron chi connectivity index (χ3n) is 3.21. The largest absolute Gasteiger partial charge is 0.396 e.